The smallest absolute Gasteiger partial charge is 0.435 e. The van der Waals surface area contributed by atoms with Gasteiger partial charge in [-0.05, 0) is 158 Å². The number of aromatic nitrogens is 4. The van der Waals surface area contributed by atoms with Gasteiger partial charge in [0.2, 0.25) is 0 Å². The van der Waals surface area contributed by atoms with Crippen LogP contribution in [0.4, 0.5) is 71.1 Å². The van der Waals surface area contributed by atoms with Crippen LogP contribution in [0.2, 0.25) is 20.1 Å². The number of amides is 2. The molecule has 0 aliphatic carbocycles. The Balaban J connectivity index is 0.000000285. The number of alkyl carbamates (subject to hydrolysis) is 2. The van der Waals surface area contributed by atoms with Crippen molar-refractivity contribution in [3.63, 3.8) is 0 Å². The molecule has 6 aromatic rings. The third-order valence-electron chi connectivity index (χ3n) is 10.0. The van der Waals surface area contributed by atoms with E-state index in [1.807, 2.05) is 61.6 Å². The molecule has 0 atom stereocenters. The van der Waals surface area contributed by atoms with Crippen molar-refractivity contribution >= 4 is 136 Å². The number of hydrogen-bond acceptors (Lipinski definition) is 6. The lowest BCUT2D eigenvalue weighted by Crippen LogP contribution is -2.50. The molecule has 80 heavy (non-hydrogen) atoms. The van der Waals surface area contributed by atoms with Crippen molar-refractivity contribution in [1.29, 1.82) is 0 Å². The summed E-state index contributed by atoms with van der Waals surface area (Å²) in [5, 5.41) is 10.6. The Kier molecular flexibility index (Phi) is 22.5. The highest BCUT2D eigenvalue weighted by atomic mass is 127. The van der Waals surface area contributed by atoms with Gasteiger partial charge in [0, 0.05) is 54.7 Å². The molecule has 2 heterocycles. The predicted octanol–water partition coefficient (Wildman–Crippen LogP) is 19.1. The Morgan fingerprint density at radius 1 is 0.512 bits per heavy atom. The third-order valence-corrected chi connectivity index (χ3v) is 13.9. The standard InChI is InChI=1S/C24H19BrCl2F7N3O2.C12H15BrINO2.C12H4Cl2F7IN2/c1-21(2,3)39-20(38)35-9-13-6-12(4-5-16(13)25)14-10-36-37(11-14)19-17(26)7-15(8-18(19)27)22(28,23(29,30)31)24(32,33)34;1-12(2,3)17-11(16)15-7-8-6-9(14)4-5-10(8)13;13-7-1-5(10(15,11(16,17)18)12(19,20)21)2-8(14)9(7)24-4-6(22)3-23-24/h4-8,10-11H,9H2,1-3H3,(H,35,38);4-6H,7H2,1-3H3,(H,15,16);1-4H. The first-order valence-corrected chi connectivity index (χ1v) is 27.1. The fourth-order valence-corrected chi connectivity index (χ4v) is 9.53. The summed E-state index contributed by atoms with van der Waals surface area (Å²) in [4.78, 5) is 23.5. The zero-order chi connectivity index (χ0) is 61.1. The van der Waals surface area contributed by atoms with Gasteiger partial charge in [-0.1, -0.05) is 84.3 Å². The van der Waals surface area contributed by atoms with E-state index in [1.54, 1.807) is 39.0 Å². The number of rotatable bonds is 9. The van der Waals surface area contributed by atoms with E-state index in [9.17, 15) is 71.1 Å². The molecule has 2 aromatic heterocycles. The summed E-state index contributed by atoms with van der Waals surface area (Å²) in [6, 6.07) is 12.0. The average Bonchev–Trinajstić information content (AvgIpc) is 3.95. The van der Waals surface area contributed by atoms with Gasteiger partial charge in [0.05, 0.1) is 36.1 Å². The Morgan fingerprint density at radius 3 is 1.21 bits per heavy atom. The molecule has 0 spiro atoms. The van der Waals surface area contributed by atoms with Crippen LogP contribution in [0, 0.1) is 7.14 Å². The quantitative estimate of drug-likeness (QED) is 0.110. The second-order valence-corrected chi connectivity index (χ2v) is 24.2. The first-order chi connectivity index (χ1) is 36.3. The Bertz CT molecular complexity index is 3130. The molecular formula is C48H38Br2Cl4F14I2N6O4. The summed E-state index contributed by atoms with van der Waals surface area (Å²) < 4.78 is 200. The number of ether oxygens (including phenoxy) is 2. The maximum atomic E-state index is 14.5. The molecule has 0 bridgehead atoms. The minimum absolute atomic E-state index is 0.0972. The first kappa shape index (κ1) is 68.9. The van der Waals surface area contributed by atoms with E-state index in [1.165, 1.54) is 24.8 Å². The maximum absolute atomic E-state index is 14.5. The summed E-state index contributed by atoms with van der Waals surface area (Å²) in [5.74, 6) is 0. The van der Waals surface area contributed by atoms with Crippen molar-refractivity contribution in [2.24, 2.45) is 0 Å². The Morgan fingerprint density at radius 2 is 0.863 bits per heavy atom. The van der Waals surface area contributed by atoms with Gasteiger partial charge in [0.15, 0.2) is 0 Å². The molecule has 2 amide bonds. The highest BCUT2D eigenvalue weighted by Gasteiger charge is 2.74. The summed E-state index contributed by atoms with van der Waals surface area (Å²) in [7, 11) is 0. The zero-order valence-electron chi connectivity index (χ0n) is 41.2. The predicted molar refractivity (Wildman–Crippen MR) is 296 cm³/mol. The van der Waals surface area contributed by atoms with Crippen molar-refractivity contribution in [2.75, 3.05) is 0 Å². The number of nitrogens with one attached hydrogen (secondary N) is 2. The van der Waals surface area contributed by atoms with E-state index in [2.05, 4.69) is 75.3 Å². The van der Waals surface area contributed by atoms with E-state index in [-0.39, 0.29) is 42.2 Å². The van der Waals surface area contributed by atoms with E-state index in [4.69, 9.17) is 55.9 Å². The third kappa shape index (κ3) is 17.3. The van der Waals surface area contributed by atoms with Crippen LogP contribution in [0.15, 0.2) is 94.4 Å². The molecule has 0 unspecified atom stereocenters. The van der Waals surface area contributed by atoms with Gasteiger partial charge in [-0.15, -0.1) is 0 Å². The van der Waals surface area contributed by atoms with Crippen LogP contribution < -0.4 is 10.6 Å². The zero-order valence-corrected chi connectivity index (χ0v) is 51.7. The van der Waals surface area contributed by atoms with Crippen molar-refractivity contribution in [1.82, 2.24) is 30.2 Å². The van der Waals surface area contributed by atoms with Crippen LogP contribution in [0.1, 0.15) is 63.8 Å². The van der Waals surface area contributed by atoms with Gasteiger partial charge in [-0.2, -0.15) is 62.9 Å². The Hall–Kier alpha value is -3.56. The molecule has 0 saturated heterocycles. The van der Waals surface area contributed by atoms with Crippen LogP contribution >= 0.6 is 123 Å². The minimum atomic E-state index is -6.32. The monoisotopic (exact) mass is 1580 g/mol. The maximum Gasteiger partial charge on any atom is 0.435 e. The first-order valence-electron chi connectivity index (χ1n) is 21.9. The summed E-state index contributed by atoms with van der Waals surface area (Å²) in [5.41, 5.74) is -13.7. The van der Waals surface area contributed by atoms with Gasteiger partial charge in [0.1, 0.15) is 22.6 Å². The van der Waals surface area contributed by atoms with Gasteiger partial charge >= 0.3 is 48.2 Å². The number of halogens is 22. The highest BCUT2D eigenvalue weighted by Crippen LogP contribution is 2.56. The summed E-state index contributed by atoms with van der Waals surface area (Å²) in [6.07, 6.45) is -20.7. The van der Waals surface area contributed by atoms with E-state index in [0.29, 0.717) is 31.3 Å². The van der Waals surface area contributed by atoms with Crippen LogP contribution in [0.25, 0.3) is 22.5 Å². The number of carbonyl (C=O) groups is 2. The largest absolute Gasteiger partial charge is 0.444 e. The molecule has 4 aromatic carbocycles. The SMILES string of the molecule is CC(C)(C)OC(=O)NCc1cc(-c2cnn(-c3c(Cl)cc(C(F)(C(F)(F)F)C(F)(F)F)cc3Cl)c2)ccc1Br.CC(C)(C)OC(=O)NCc1cc(I)ccc1Br.FC(F)(F)C(F)(c1cc(Cl)c(-n2cc(I)cn2)c(Cl)c1)C(F)(F)F. The molecule has 10 nitrogen and oxygen atoms in total. The van der Waals surface area contributed by atoms with Crippen LogP contribution in [-0.4, -0.2) is 67.7 Å². The minimum Gasteiger partial charge on any atom is -0.444 e. The molecular weight excluding hydrogens is 1550 g/mol. The Labute approximate surface area is 510 Å². The molecule has 0 fully saturated rings. The number of carbonyl (C=O) groups excluding carboxylic acids is 2. The lowest BCUT2D eigenvalue weighted by Gasteiger charge is -2.30. The van der Waals surface area contributed by atoms with Gasteiger partial charge in [-0.25, -0.2) is 27.7 Å². The topological polar surface area (TPSA) is 112 Å². The fourth-order valence-electron chi connectivity index (χ4n) is 6.49. The van der Waals surface area contributed by atoms with Crippen molar-refractivity contribution in [3.8, 4) is 22.5 Å². The van der Waals surface area contributed by atoms with Crippen LogP contribution in [0.5, 0.6) is 0 Å². The summed E-state index contributed by atoms with van der Waals surface area (Å²) in [6.45, 7) is 11.2. The summed E-state index contributed by atoms with van der Waals surface area (Å²) >= 11 is 34.4. The van der Waals surface area contributed by atoms with Crippen molar-refractivity contribution < 1.29 is 80.5 Å². The molecule has 32 heteroatoms. The van der Waals surface area contributed by atoms with Crippen molar-refractivity contribution in [2.45, 2.75) is 102 Å². The fraction of sp³-hybridized carbons (Fsp3) is 0.333. The number of benzene rings is 4. The average molecular weight is 1580 g/mol. The van der Waals surface area contributed by atoms with E-state index in [0.717, 1.165) is 23.0 Å². The van der Waals surface area contributed by atoms with Gasteiger partial charge in [-0.3, -0.25) is 0 Å². The molecule has 0 saturated carbocycles. The normalized spacial score (nSPS) is 12.7. The van der Waals surface area contributed by atoms with Crippen LogP contribution in [-0.2, 0) is 33.9 Å². The lowest BCUT2D eigenvalue weighted by atomic mass is 9.94. The van der Waals surface area contributed by atoms with E-state index >= 15 is 0 Å². The molecule has 0 aliphatic heterocycles. The second-order valence-electron chi connectivity index (χ2n) is 18.4. The molecule has 6 rings (SSSR count). The van der Waals surface area contributed by atoms with Gasteiger partial charge < -0.3 is 20.1 Å². The number of alkyl halides is 14. The second kappa shape index (κ2) is 26.1. The molecule has 0 radical (unpaired) electrons. The number of nitrogens with zero attached hydrogens (tertiary/aromatic N) is 4. The van der Waals surface area contributed by atoms with Gasteiger partial charge in [0.25, 0.3) is 0 Å². The van der Waals surface area contributed by atoms with Crippen molar-refractivity contribution in [3.05, 3.63) is 144 Å². The lowest BCUT2D eigenvalue weighted by molar-refractivity contribution is -0.349. The molecule has 438 valence electrons. The van der Waals surface area contributed by atoms with Crippen LogP contribution in [0.3, 0.4) is 0 Å². The number of hydrogen-bond donors (Lipinski definition) is 2. The van der Waals surface area contributed by atoms with E-state index < -0.39 is 90.6 Å². The highest BCUT2D eigenvalue weighted by molar-refractivity contribution is 14.1. The molecule has 2 N–H and O–H groups in total. The molecule has 0 aliphatic rings.